The average Bonchev–Trinajstić information content (AvgIpc) is 3.00. The highest BCUT2D eigenvalue weighted by Crippen LogP contribution is 2.36. The van der Waals surface area contributed by atoms with Crippen molar-refractivity contribution in [3.8, 4) is 0 Å². The molecule has 2 N–H and O–H groups in total. The summed E-state index contributed by atoms with van der Waals surface area (Å²) in [5.74, 6) is 0.0192. The molecule has 2 aliphatic rings. The molecule has 1 spiro atoms. The van der Waals surface area contributed by atoms with Gasteiger partial charge in [0.25, 0.3) is 5.91 Å². The van der Waals surface area contributed by atoms with Crippen LogP contribution in [0.2, 0.25) is 0 Å². The molecule has 2 aromatic rings. The minimum absolute atomic E-state index is 0. The molecule has 4 rings (SSSR count). The van der Waals surface area contributed by atoms with Crippen molar-refractivity contribution in [2.75, 3.05) is 26.2 Å². The van der Waals surface area contributed by atoms with E-state index in [4.69, 9.17) is 0 Å². The quantitative estimate of drug-likeness (QED) is 0.807. The lowest BCUT2D eigenvalue weighted by Crippen LogP contribution is -2.58. The highest BCUT2D eigenvalue weighted by Gasteiger charge is 2.44. The Kier molecular flexibility index (Phi) is 5.04. The van der Waals surface area contributed by atoms with Gasteiger partial charge in [-0.1, -0.05) is 6.07 Å². The van der Waals surface area contributed by atoms with Gasteiger partial charge in [-0.05, 0) is 44.4 Å². The van der Waals surface area contributed by atoms with E-state index in [1.807, 2.05) is 30.2 Å². The molecule has 0 unspecified atom stereocenters. The van der Waals surface area contributed by atoms with Crippen LogP contribution in [0.3, 0.4) is 0 Å². The number of aliphatic hydroxyl groups is 1. The maximum Gasteiger partial charge on any atom is 0.257 e. The number of halogens is 1. The third-order valence-electron chi connectivity index (χ3n) is 5.57. The Morgan fingerprint density at radius 2 is 2.28 bits per heavy atom. The van der Waals surface area contributed by atoms with Gasteiger partial charge in [-0.25, -0.2) is 4.52 Å². The Morgan fingerprint density at radius 1 is 1.44 bits per heavy atom. The third kappa shape index (κ3) is 3.14. The maximum atomic E-state index is 13.1. The summed E-state index contributed by atoms with van der Waals surface area (Å²) in [6.07, 6.45) is 5.92. The number of nitrogens with one attached hydrogen (secondary N) is 1. The Balaban J connectivity index is 0.00000182. The number of hydrogen-bond acceptors (Lipinski definition) is 4. The number of carbonyl (C=O) groups is 1. The van der Waals surface area contributed by atoms with E-state index in [9.17, 15) is 9.90 Å². The number of aliphatic hydroxyl groups excluding tert-OH is 1. The third-order valence-corrected chi connectivity index (χ3v) is 5.57. The smallest absolute Gasteiger partial charge is 0.257 e. The van der Waals surface area contributed by atoms with Crippen molar-refractivity contribution in [3.63, 3.8) is 0 Å². The van der Waals surface area contributed by atoms with Crippen LogP contribution in [0.25, 0.3) is 5.52 Å². The van der Waals surface area contributed by atoms with E-state index in [0.29, 0.717) is 12.1 Å². The molecule has 2 aromatic heterocycles. The van der Waals surface area contributed by atoms with E-state index in [1.165, 1.54) is 0 Å². The average molecular weight is 365 g/mol. The van der Waals surface area contributed by atoms with Gasteiger partial charge in [0.15, 0.2) is 0 Å². The maximum absolute atomic E-state index is 13.1. The number of nitrogens with zero attached hydrogens (tertiary/aromatic N) is 3. The van der Waals surface area contributed by atoms with Crippen molar-refractivity contribution >= 4 is 23.8 Å². The van der Waals surface area contributed by atoms with E-state index < -0.39 is 0 Å². The number of rotatable bonds is 1. The Labute approximate surface area is 153 Å². The molecular weight excluding hydrogens is 340 g/mol. The Hall–Kier alpha value is -1.63. The molecule has 0 aliphatic carbocycles. The zero-order valence-electron chi connectivity index (χ0n) is 14.4. The van der Waals surface area contributed by atoms with Crippen LogP contribution in [-0.2, 0) is 0 Å². The zero-order chi connectivity index (χ0) is 16.7. The number of aromatic nitrogens is 2. The molecule has 1 amide bonds. The molecule has 2 saturated heterocycles. The topological polar surface area (TPSA) is 69.9 Å². The predicted molar refractivity (Wildman–Crippen MR) is 98.2 cm³/mol. The van der Waals surface area contributed by atoms with Crippen LogP contribution in [0.15, 0.2) is 24.5 Å². The highest BCUT2D eigenvalue weighted by molar-refractivity contribution is 6.00. The molecular formula is C18H25ClN4O2. The molecule has 0 radical (unpaired) electrons. The van der Waals surface area contributed by atoms with Gasteiger partial charge >= 0.3 is 0 Å². The van der Waals surface area contributed by atoms with Crippen LogP contribution in [0, 0.1) is 12.3 Å². The number of amides is 1. The van der Waals surface area contributed by atoms with Crippen LogP contribution in [-0.4, -0.2) is 57.8 Å². The number of pyridine rings is 1. The summed E-state index contributed by atoms with van der Waals surface area (Å²) in [6.45, 7) is 5.00. The molecule has 25 heavy (non-hydrogen) atoms. The molecule has 2 fully saturated rings. The van der Waals surface area contributed by atoms with Crippen LogP contribution in [0.1, 0.15) is 35.2 Å². The van der Waals surface area contributed by atoms with Gasteiger partial charge in [-0.15, -0.1) is 12.4 Å². The molecule has 4 heterocycles. The van der Waals surface area contributed by atoms with E-state index >= 15 is 0 Å². The first-order valence-electron chi connectivity index (χ1n) is 8.71. The van der Waals surface area contributed by atoms with Crippen LogP contribution >= 0.6 is 12.4 Å². The number of likely N-dealkylation sites (tertiary alicyclic amines) is 1. The second kappa shape index (κ2) is 6.94. The Bertz CT molecular complexity index is 774. The first-order chi connectivity index (χ1) is 11.6. The molecule has 2 atom stereocenters. The first-order valence-corrected chi connectivity index (χ1v) is 8.71. The fourth-order valence-electron chi connectivity index (χ4n) is 4.17. The molecule has 0 saturated carbocycles. The number of fused-ring (bicyclic) bond motifs is 1. The molecule has 136 valence electrons. The number of carbonyl (C=O) groups excluding carboxylic acids is 1. The fraction of sp³-hybridized carbons (Fsp3) is 0.556. The second-order valence-electron chi connectivity index (χ2n) is 7.27. The summed E-state index contributed by atoms with van der Waals surface area (Å²) in [7, 11) is 0. The van der Waals surface area contributed by atoms with Crippen molar-refractivity contribution < 1.29 is 9.90 Å². The van der Waals surface area contributed by atoms with E-state index in [1.54, 1.807) is 10.7 Å². The van der Waals surface area contributed by atoms with Gasteiger partial charge < -0.3 is 15.3 Å². The van der Waals surface area contributed by atoms with Crippen molar-refractivity contribution in [3.05, 3.63) is 35.7 Å². The minimum atomic E-state index is -0.332. The van der Waals surface area contributed by atoms with Gasteiger partial charge in [0.2, 0.25) is 0 Å². The molecule has 0 aromatic carbocycles. The summed E-state index contributed by atoms with van der Waals surface area (Å²) in [6, 6.07) is 3.95. The van der Waals surface area contributed by atoms with Gasteiger partial charge in [0.1, 0.15) is 0 Å². The number of hydrogen-bond donors (Lipinski definition) is 2. The first kappa shape index (κ1) is 18.2. The van der Waals surface area contributed by atoms with Gasteiger partial charge in [-0.3, -0.25) is 4.79 Å². The van der Waals surface area contributed by atoms with Crippen LogP contribution < -0.4 is 5.32 Å². The zero-order valence-corrected chi connectivity index (χ0v) is 15.3. The summed E-state index contributed by atoms with van der Waals surface area (Å²) in [5.41, 5.74) is 2.39. The lowest BCUT2D eigenvalue weighted by atomic mass is 9.72. The minimum Gasteiger partial charge on any atom is -0.392 e. The predicted octanol–water partition coefficient (Wildman–Crippen LogP) is 1.64. The van der Waals surface area contributed by atoms with E-state index in [0.717, 1.165) is 50.0 Å². The monoisotopic (exact) mass is 364 g/mol. The lowest BCUT2D eigenvalue weighted by molar-refractivity contribution is -0.0432. The van der Waals surface area contributed by atoms with Crippen molar-refractivity contribution in [2.24, 2.45) is 5.41 Å². The van der Waals surface area contributed by atoms with Gasteiger partial charge in [-0.2, -0.15) is 5.10 Å². The molecule has 7 heteroatoms. The van der Waals surface area contributed by atoms with Gasteiger partial charge in [0.05, 0.1) is 23.4 Å². The van der Waals surface area contributed by atoms with E-state index in [-0.39, 0.29) is 29.8 Å². The van der Waals surface area contributed by atoms with Crippen molar-refractivity contribution in [2.45, 2.75) is 32.3 Å². The van der Waals surface area contributed by atoms with Crippen molar-refractivity contribution in [1.82, 2.24) is 19.8 Å². The van der Waals surface area contributed by atoms with Crippen LogP contribution in [0.5, 0.6) is 0 Å². The van der Waals surface area contributed by atoms with Crippen molar-refractivity contribution in [1.29, 1.82) is 0 Å². The normalized spacial score (nSPS) is 26.6. The second-order valence-corrected chi connectivity index (χ2v) is 7.27. The Morgan fingerprint density at radius 3 is 3.08 bits per heavy atom. The largest absolute Gasteiger partial charge is 0.392 e. The summed E-state index contributed by atoms with van der Waals surface area (Å²) >= 11 is 0. The number of aryl methyl sites for hydroxylation is 1. The van der Waals surface area contributed by atoms with Gasteiger partial charge in [0, 0.05) is 31.2 Å². The fourth-order valence-corrected chi connectivity index (χ4v) is 4.17. The highest BCUT2D eigenvalue weighted by atomic mass is 35.5. The molecule has 2 aliphatic heterocycles. The lowest BCUT2D eigenvalue weighted by Gasteiger charge is -2.48. The number of piperidine rings is 2. The summed E-state index contributed by atoms with van der Waals surface area (Å²) in [5, 5.41) is 18.2. The van der Waals surface area contributed by atoms with Crippen LogP contribution in [0.4, 0.5) is 0 Å². The summed E-state index contributed by atoms with van der Waals surface area (Å²) < 4.78 is 1.76. The standard InChI is InChI=1S/C18H24N4O2.ClH/c1-13-3-4-15-14(9-20-22(15)10-13)17(24)21-8-2-6-18(12-21)11-19-7-5-16(18)23;/h3-4,9-10,16,19,23H,2,5-8,11-12H2,1H3;1H/t16-,18-;/m0./s1. The van der Waals surface area contributed by atoms with E-state index in [2.05, 4.69) is 10.4 Å². The molecule has 6 nitrogen and oxygen atoms in total. The SMILES string of the molecule is Cc1ccc2c(C(=O)N3CCC[C@]4(CNCC[C@@H]4O)C3)cnn2c1.Cl. The molecule has 0 bridgehead atoms. The summed E-state index contributed by atoms with van der Waals surface area (Å²) in [4.78, 5) is 15.0.